The number of carbonyl (C=O) groups excluding carboxylic acids is 1. The predicted octanol–water partition coefficient (Wildman–Crippen LogP) is 2.03. The summed E-state index contributed by atoms with van der Waals surface area (Å²) in [4.78, 5) is 12.3. The van der Waals surface area contributed by atoms with Crippen molar-refractivity contribution in [3.63, 3.8) is 0 Å². The minimum atomic E-state index is -0.221. The van der Waals surface area contributed by atoms with Crippen LogP contribution in [0.15, 0.2) is 42.5 Å². The molecule has 6 heteroatoms. The van der Waals surface area contributed by atoms with Crippen LogP contribution in [0.2, 0.25) is 0 Å². The maximum Gasteiger partial charge on any atom is 0.251 e. The number of fused-ring (bicyclic) bond motifs is 2. The second kappa shape index (κ2) is 6.31. The molecule has 0 fully saturated rings. The Bertz CT molecular complexity index is 761. The normalized spacial score (nSPS) is 17.9. The van der Waals surface area contributed by atoms with Gasteiger partial charge in [0.1, 0.15) is 25.9 Å². The molecule has 2 aromatic rings. The molecule has 0 spiro atoms. The summed E-state index contributed by atoms with van der Waals surface area (Å²) >= 11 is 0. The largest absolute Gasteiger partial charge is 0.486 e. The average Bonchev–Trinajstić information content (AvgIpc) is 2.65. The molecule has 0 bridgehead atoms. The predicted molar refractivity (Wildman–Crippen MR) is 86.1 cm³/mol. The molecular weight excluding hydrogens is 310 g/mol. The van der Waals surface area contributed by atoms with Crippen LogP contribution in [0.25, 0.3) is 0 Å². The van der Waals surface area contributed by atoms with Gasteiger partial charge in [-0.1, -0.05) is 12.1 Å². The van der Waals surface area contributed by atoms with E-state index in [0.717, 1.165) is 5.75 Å². The topological polar surface area (TPSA) is 66.0 Å². The minimum Gasteiger partial charge on any atom is -0.486 e. The minimum absolute atomic E-state index is 0.186. The summed E-state index contributed by atoms with van der Waals surface area (Å²) in [5, 5.41) is 2.87. The van der Waals surface area contributed by atoms with E-state index in [1.54, 1.807) is 18.2 Å². The van der Waals surface area contributed by atoms with Gasteiger partial charge in [-0.25, -0.2) is 0 Å². The molecule has 0 saturated carbocycles. The third-order valence-electron chi connectivity index (χ3n) is 3.86. The first kappa shape index (κ1) is 14.7. The van der Waals surface area contributed by atoms with Crippen molar-refractivity contribution in [3.8, 4) is 23.0 Å². The maximum absolute atomic E-state index is 12.3. The molecule has 0 aliphatic carbocycles. The van der Waals surface area contributed by atoms with E-state index in [1.807, 2.05) is 24.3 Å². The van der Waals surface area contributed by atoms with Gasteiger partial charge >= 0.3 is 0 Å². The highest BCUT2D eigenvalue weighted by Gasteiger charge is 2.22. The number of rotatable bonds is 3. The zero-order chi connectivity index (χ0) is 16.4. The SMILES string of the molecule is O=C(NC[C@H]1COc2ccccc2O1)c1ccc2c(c1)OCCO2. The quantitative estimate of drug-likeness (QED) is 0.934. The lowest BCUT2D eigenvalue weighted by Crippen LogP contribution is -2.40. The van der Waals surface area contributed by atoms with Gasteiger partial charge in [-0.2, -0.15) is 0 Å². The first-order chi connectivity index (χ1) is 11.8. The van der Waals surface area contributed by atoms with Crippen molar-refractivity contribution in [1.29, 1.82) is 0 Å². The Kier molecular flexibility index (Phi) is 3.86. The number of amides is 1. The molecule has 1 N–H and O–H groups in total. The molecule has 24 heavy (non-hydrogen) atoms. The van der Waals surface area contributed by atoms with Crippen molar-refractivity contribution in [3.05, 3.63) is 48.0 Å². The number of carbonyl (C=O) groups is 1. The summed E-state index contributed by atoms with van der Waals surface area (Å²) in [5.41, 5.74) is 0.524. The van der Waals surface area contributed by atoms with Crippen molar-refractivity contribution in [2.24, 2.45) is 0 Å². The van der Waals surface area contributed by atoms with Crippen LogP contribution in [0.5, 0.6) is 23.0 Å². The van der Waals surface area contributed by atoms with Crippen molar-refractivity contribution < 1.29 is 23.7 Å². The summed E-state index contributed by atoms with van der Waals surface area (Å²) in [6.07, 6.45) is -0.221. The second-order valence-electron chi connectivity index (χ2n) is 5.57. The van der Waals surface area contributed by atoms with Crippen LogP contribution in [0.3, 0.4) is 0 Å². The van der Waals surface area contributed by atoms with Crippen LogP contribution in [-0.2, 0) is 0 Å². The van der Waals surface area contributed by atoms with Crippen LogP contribution in [0.1, 0.15) is 10.4 Å². The highest BCUT2D eigenvalue weighted by atomic mass is 16.6. The zero-order valence-electron chi connectivity index (χ0n) is 13.0. The number of para-hydroxylation sites is 2. The molecule has 0 unspecified atom stereocenters. The Labute approximate surface area is 139 Å². The monoisotopic (exact) mass is 327 g/mol. The Morgan fingerprint density at radius 2 is 1.71 bits per heavy atom. The van der Waals surface area contributed by atoms with E-state index in [-0.39, 0.29) is 12.0 Å². The molecule has 2 aliphatic rings. The lowest BCUT2D eigenvalue weighted by atomic mass is 10.1. The average molecular weight is 327 g/mol. The van der Waals surface area contributed by atoms with Gasteiger partial charge in [0.05, 0.1) is 6.54 Å². The van der Waals surface area contributed by atoms with Crippen molar-refractivity contribution in [2.75, 3.05) is 26.4 Å². The van der Waals surface area contributed by atoms with Crippen molar-refractivity contribution in [1.82, 2.24) is 5.32 Å². The van der Waals surface area contributed by atoms with Gasteiger partial charge < -0.3 is 24.3 Å². The zero-order valence-corrected chi connectivity index (χ0v) is 13.0. The molecule has 0 radical (unpaired) electrons. The van der Waals surface area contributed by atoms with E-state index in [4.69, 9.17) is 18.9 Å². The van der Waals surface area contributed by atoms with Crippen LogP contribution in [0, 0.1) is 0 Å². The van der Waals surface area contributed by atoms with Gasteiger partial charge in [-0.05, 0) is 30.3 Å². The third kappa shape index (κ3) is 2.95. The Balaban J connectivity index is 1.37. The molecule has 6 nitrogen and oxygen atoms in total. The number of ether oxygens (including phenoxy) is 4. The Morgan fingerprint density at radius 3 is 2.58 bits per heavy atom. The van der Waals surface area contributed by atoms with E-state index < -0.39 is 0 Å². The molecule has 4 rings (SSSR count). The molecule has 0 aromatic heterocycles. The summed E-state index contributed by atoms with van der Waals surface area (Å²) in [6.45, 7) is 1.78. The summed E-state index contributed by atoms with van der Waals surface area (Å²) < 4.78 is 22.4. The van der Waals surface area contributed by atoms with Crippen molar-refractivity contribution >= 4 is 5.91 Å². The first-order valence-electron chi connectivity index (χ1n) is 7.86. The molecular formula is C18H17NO5. The summed E-state index contributed by atoms with van der Waals surface area (Å²) in [5.74, 6) is 2.50. The second-order valence-corrected chi connectivity index (χ2v) is 5.57. The molecule has 2 aliphatic heterocycles. The number of benzene rings is 2. The fourth-order valence-electron chi connectivity index (χ4n) is 2.66. The van der Waals surface area contributed by atoms with Gasteiger partial charge in [0, 0.05) is 5.56 Å². The van der Waals surface area contributed by atoms with Gasteiger partial charge in [0.25, 0.3) is 5.91 Å². The van der Waals surface area contributed by atoms with E-state index in [0.29, 0.717) is 49.2 Å². The first-order valence-corrected chi connectivity index (χ1v) is 7.86. The van der Waals surface area contributed by atoms with Crippen LogP contribution >= 0.6 is 0 Å². The number of hydrogen-bond donors (Lipinski definition) is 1. The molecule has 1 amide bonds. The Hall–Kier alpha value is -2.89. The van der Waals surface area contributed by atoms with E-state index in [2.05, 4.69) is 5.32 Å². The van der Waals surface area contributed by atoms with Crippen LogP contribution in [0.4, 0.5) is 0 Å². The highest BCUT2D eigenvalue weighted by Crippen LogP contribution is 2.31. The fraction of sp³-hybridized carbons (Fsp3) is 0.278. The van der Waals surface area contributed by atoms with Gasteiger partial charge in [0.15, 0.2) is 23.0 Å². The van der Waals surface area contributed by atoms with Gasteiger partial charge in [-0.15, -0.1) is 0 Å². The van der Waals surface area contributed by atoms with E-state index in [1.165, 1.54) is 0 Å². The highest BCUT2D eigenvalue weighted by molar-refractivity contribution is 5.94. The van der Waals surface area contributed by atoms with E-state index >= 15 is 0 Å². The fourth-order valence-corrected chi connectivity index (χ4v) is 2.66. The molecule has 0 saturated heterocycles. The van der Waals surface area contributed by atoms with Gasteiger partial charge in [0.2, 0.25) is 0 Å². The van der Waals surface area contributed by atoms with Crippen molar-refractivity contribution in [2.45, 2.75) is 6.10 Å². The Morgan fingerprint density at radius 1 is 0.958 bits per heavy atom. The maximum atomic E-state index is 12.3. The molecule has 124 valence electrons. The summed E-state index contributed by atoms with van der Waals surface area (Å²) in [6, 6.07) is 12.7. The molecule has 2 heterocycles. The smallest absolute Gasteiger partial charge is 0.251 e. The van der Waals surface area contributed by atoms with Gasteiger partial charge in [-0.3, -0.25) is 4.79 Å². The van der Waals surface area contributed by atoms with Crippen LogP contribution in [-0.4, -0.2) is 38.4 Å². The third-order valence-corrected chi connectivity index (χ3v) is 3.86. The lowest BCUT2D eigenvalue weighted by Gasteiger charge is -2.26. The number of hydrogen-bond acceptors (Lipinski definition) is 5. The molecule has 1 atom stereocenters. The lowest BCUT2D eigenvalue weighted by molar-refractivity contribution is 0.0788. The summed E-state index contributed by atoms with van der Waals surface area (Å²) in [7, 11) is 0. The molecule has 2 aromatic carbocycles. The number of nitrogens with one attached hydrogen (secondary N) is 1. The van der Waals surface area contributed by atoms with Crippen LogP contribution < -0.4 is 24.3 Å². The standard InChI is InChI=1S/C18H17NO5/c20-18(12-5-6-15-17(9-12)22-8-7-21-15)19-10-13-11-23-14-3-1-2-4-16(14)24-13/h1-6,9,13H,7-8,10-11H2,(H,19,20)/t13-/m0/s1. The van der Waals surface area contributed by atoms with E-state index in [9.17, 15) is 4.79 Å².